The third kappa shape index (κ3) is 2.78. The Morgan fingerprint density at radius 3 is 3.10 bits per heavy atom. The zero-order valence-electron chi connectivity index (χ0n) is 11.3. The number of aryl methyl sites for hydroxylation is 1. The van der Waals surface area contributed by atoms with E-state index in [2.05, 4.69) is 15.3 Å². The van der Waals surface area contributed by atoms with Gasteiger partial charge in [0, 0.05) is 30.7 Å². The molecule has 21 heavy (non-hydrogen) atoms. The van der Waals surface area contributed by atoms with Crippen molar-refractivity contribution in [3.63, 3.8) is 0 Å². The average molecular weight is 304 g/mol. The second kappa shape index (κ2) is 5.61. The first-order valence-corrected chi connectivity index (χ1v) is 7.34. The van der Waals surface area contributed by atoms with Gasteiger partial charge in [0.15, 0.2) is 5.69 Å². The van der Waals surface area contributed by atoms with Crippen LogP contribution in [0.1, 0.15) is 21.1 Å². The molecule has 0 atom stereocenters. The molecule has 5 nitrogen and oxygen atoms in total. The van der Waals surface area contributed by atoms with E-state index in [1.165, 1.54) is 15.7 Å². The van der Waals surface area contributed by atoms with Gasteiger partial charge in [-0.3, -0.25) is 9.20 Å². The molecular formula is C14H13FN4OS. The van der Waals surface area contributed by atoms with E-state index in [9.17, 15) is 9.18 Å². The molecule has 0 fully saturated rings. The van der Waals surface area contributed by atoms with Gasteiger partial charge < -0.3 is 5.32 Å². The molecular weight excluding hydrogens is 291 g/mol. The molecule has 7 heteroatoms. The Kier molecular flexibility index (Phi) is 3.66. The fourth-order valence-corrected chi connectivity index (χ4v) is 2.63. The van der Waals surface area contributed by atoms with Crippen molar-refractivity contribution >= 4 is 22.9 Å². The fraction of sp³-hybridized carbons (Fsp3) is 0.214. The molecule has 0 aliphatic heterocycles. The maximum Gasteiger partial charge on any atom is 0.274 e. The van der Waals surface area contributed by atoms with Gasteiger partial charge in [-0.15, -0.1) is 11.3 Å². The highest BCUT2D eigenvalue weighted by atomic mass is 32.1. The Morgan fingerprint density at radius 1 is 1.48 bits per heavy atom. The van der Waals surface area contributed by atoms with Gasteiger partial charge in [0.05, 0.1) is 5.01 Å². The average Bonchev–Trinajstić information content (AvgIpc) is 3.08. The Morgan fingerprint density at radius 2 is 2.33 bits per heavy atom. The first-order chi connectivity index (χ1) is 10.1. The Balaban J connectivity index is 1.73. The molecule has 3 aromatic rings. The molecule has 108 valence electrons. The van der Waals surface area contributed by atoms with Gasteiger partial charge in [-0.1, -0.05) is 6.07 Å². The van der Waals surface area contributed by atoms with Crippen molar-refractivity contribution < 1.29 is 9.18 Å². The summed E-state index contributed by atoms with van der Waals surface area (Å²) in [7, 11) is 0. The zero-order chi connectivity index (χ0) is 14.8. The number of rotatable bonds is 4. The molecule has 0 unspecified atom stereocenters. The molecule has 1 N–H and O–H groups in total. The number of carbonyl (C=O) groups excluding carboxylic acids is 1. The Bertz CT molecular complexity index is 782. The van der Waals surface area contributed by atoms with E-state index in [4.69, 9.17) is 0 Å². The predicted molar refractivity (Wildman–Crippen MR) is 78.0 cm³/mol. The van der Waals surface area contributed by atoms with Gasteiger partial charge >= 0.3 is 0 Å². The maximum atomic E-state index is 14.2. The van der Waals surface area contributed by atoms with Crippen molar-refractivity contribution in [1.82, 2.24) is 19.7 Å². The lowest BCUT2D eigenvalue weighted by Gasteiger charge is -2.01. The van der Waals surface area contributed by atoms with Crippen LogP contribution in [0.2, 0.25) is 0 Å². The second-order valence-electron chi connectivity index (χ2n) is 4.62. The van der Waals surface area contributed by atoms with Crippen molar-refractivity contribution in [2.24, 2.45) is 0 Å². The van der Waals surface area contributed by atoms with Crippen molar-refractivity contribution in [2.45, 2.75) is 13.3 Å². The molecule has 0 bridgehead atoms. The lowest BCUT2D eigenvalue weighted by Crippen LogP contribution is -2.26. The lowest BCUT2D eigenvalue weighted by molar-refractivity contribution is 0.0945. The number of nitrogens with one attached hydrogen (secondary N) is 1. The summed E-state index contributed by atoms with van der Waals surface area (Å²) in [5, 5.41) is 5.47. The predicted octanol–water partition coefficient (Wildman–Crippen LogP) is 2.21. The zero-order valence-corrected chi connectivity index (χ0v) is 12.2. The van der Waals surface area contributed by atoms with Crippen LogP contribution in [0.3, 0.4) is 0 Å². The number of hydrogen-bond acceptors (Lipinski definition) is 4. The van der Waals surface area contributed by atoms with E-state index >= 15 is 0 Å². The van der Waals surface area contributed by atoms with Crippen LogP contribution in [0.5, 0.6) is 0 Å². The van der Waals surface area contributed by atoms with Crippen LogP contribution in [0.15, 0.2) is 29.9 Å². The van der Waals surface area contributed by atoms with E-state index in [1.807, 2.05) is 18.4 Å². The van der Waals surface area contributed by atoms with Crippen LogP contribution in [-0.2, 0) is 6.42 Å². The van der Waals surface area contributed by atoms with E-state index in [-0.39, 0.29) is 5.69 Å². The maximum absolute atomic E-state index is 14.2. The number of hydrogen-bond donors (Lipinski definition) is 1. The molecule has 3 rings (SSSR count). The van der Waals surface area contributed by atoms with Gasteiger partial charge in [0.25, 0.3) is 5.91 Å². The number of pyridine rings is 1. The minimum Gasteiger partial charge on any atom is -0.350 e. The van der Waals surface area contributed by atoms with E-state index in [1.54, 1.807) is 18.5 Å². The van der Waals surface area contributed by atoms with Gasteiger partial charge in [-0.2, -0.15) is 4.39 Å². The number of carbonyl (C=O) groups is 1. The number of aromatic nitrogens is 3. The number of halogens is 1. The van der Waals surface area contributed by atoms with Gasteiger partial charge in [-0.25, -0.2) is 9.97 Å². The minimum absolute atomic E-state index is 0.181. The monoisotopic (exact) mass is 304 g/mol. The number of imidazole rings is 1. The first kappa shape index (κ1) is 13.7. The van der Waals surface area contributed by atoms with Crippen LogP contribution in [0, 0.1) is 12.9 Å². The number of thiazole rings is 1. The molecule has 3 heterocycles. The molecule has 3 aromatic heterocycles. The lowest BCUT2D eigenvalue weighted by atomic mass is 10.3. The third-order valence-electron chi connectivity index (χ3n) is 3.03. The van der Waals surface area contributed by atoms with Crippen molar-refractivity contribution in [2.75, 3.05) is 6.54 Å². The summed E-state index contributed by atoms with van der Waals surface area (Å²) in [6.07, 6.45) is 3.95. The number of amides is 1. The van der Waals surface area contributed by atoms with E-state index in [0.717, 1.165) is 10.6 Å². The summed E-state index contributed by atoms with van der Waals surface area (Å²) in [5.74, 6) is -1.15. The third-order valence-corrected chi connectivity index (χ3v) is 3.87. The topological polar surface area (TPSA) is 59.3 Å². The van der Waals surface area contributed by atoms with Crippen LogP contribution in [0.4, 0.5) is 4.39 Å². The smallest absolute Gasteiger partial charge is 0.274 e. The Hall–Kier alpha value is -2.28. The van der Waals surface area contributed by atoms with Crippen molar-refractivity contribution in [3.05, 3.63) is 52.1 Å². The Labute approximate surface area is 124 Å². The van der Waals surface area contributed by atoms with Crippen molar-refractivity contribution in [1.29, 1.82) is 0 Å². The summed E-state index contributed by atoms with van der Waals surface area (Å²) in [4.78, 5) is 20.2. The van der Waals surface area contributed by atoms with Crippen molar-refractivity contribution in [3.8, 4) is 0 Å². The highest BCUT2D eigenvalue weighted by Crippen LogP contribution is 2.12. The summed E-state index contributed by atoms with van der Waals surface area (Å²) in [6, 6.07) is 3.51. The van der Waals surface area contributed by atoms with Gasteiger partial charge in [0.1, 0.15) is 5.65 Å². The molecule has 0 saturated heterocycles. The molecule has 0 saturated carbocycles. The summed E-state index contributed by atoms with van der Waals surface area (Å²) < 4.78 is 15.5. The highest BCUT2D eigenvalue weighted by Gasteiger charge is 2.18. The largest absolute Gasteiger partial charge is 0.350 e. The van der Waals surface area contributed by atoms with Crippen LogP contribution < -0.4 is 5.32 Å². The minimum atomic E-state index is -0.638. The SMILES string of the molecule is Cc1ccc2nc(C(=O)NCCc3nccs3)c(F)n2c1. The van der Waals surface area contributed by atoms with Gasteiger partial charge in [0.2, 0.25) is 5.95 Å². The summed E-state index contributed by atoms with van der Waals surface area (Å²) >= 11 is 1.52. The van der Waals surface area contributed by atoms with Gasteiger partial charge in [-0.05, 0) is 18.6 Å². The van der Waals surface area contributed by atoms with Crippen LogP contribution in [-0.4, -0.2) is 26.8 Å². The molecule has 0 aliphatic rings. The highest BCUT2D eigenvalue weighted by molar-refractivity contribution is 7.09. The van der Waals surface area contributed by atoms with E-state index in [0.29, 0.717) is 18.6 Å². The standard InChI is InChI=1S/C14H13FN4OS/c1-9-2-3-10-18-12(13(15)19(10)8-9)14(20)17-5-4-11-16-6-7-21-11/h2-3,6-8H,4-5H2,1H3,(H,17,20). The fourth-order valence-electron chi connectivity index (χ4n) is 2.01. The summed E-state index contributed by atoms with van der Waals surface area (Å²) in [6.45, 7) is 2.26. The van der Waals surface area contributed by atoms with E-state index < -0.39 is 11.9 Å². The summed E-state index contributed by atoms with van der Waals surface area (Å²) in [5.41, 5.74) is 1.14. The molecule has 1 amide bonds. The number of fused-ring (bicyclic) bond motifs is 1. The molecule has 0 radical (unpaired) electrons. The van der Waals surface area contributed by atoms with Crippen LogP contribution >= 0.6 is 11.3 Å². The number of nitrogens with zero attached hydrogens (tertiary/aromatic N) is 3. The second-order valence-corrected chi connectivity index (χ2v) is 5.60. The first-order valence-electron chi connectivity index (χ1n) is 6.46. The molecule has 0 aromatic carbocycles. The normalized spacial score (nSPS) is 11.0. The molecule has 0 aliphatic carbocycles. The quantitative estimate of drug-likeness (QED) is 0.804. The van der Waals surface area contributed by atoms with Crippen LogP contribution in [0.25, 0.3) is 5.65 Å². The molecule has 0 spiro atoms.